The third-order valence-corrected chi connectivity index (χ3v) is 3.54. The molecule has 2 rings (SSSR count). The van der Waals surface area contributed by atoms with E-state index in [1.807, 2.05) is 13.0 Å². The van der Waals surface area contributed by atoms with Gasteiger partial charge in [-0.3, -0.25) is 4.79 Å². The summed E-state index contributed by atoms with van der Waals surface area (Å²) in [7, 11) is 0. The van der Waals surface area contributed by atoms with Crippen LogP contribution in [0.2, 0.25) is 0 Å². The smallest absolute Gasteiger partial charge is 0.227 e. The second-order valence-electron chi connectivity index (χ2n) is 5.02. The summed E-state index contributed by atoms with van der Waals surface area (Å²) in [5, 5.41) is 3.02. The van der Waals surface area contributed by atoms with Crippen molar-refractivity contribution in [3.63, 3.8) is 0 Å². The van der Waals surface area contributed by atoms with Gasteiger partial charge in [0.1, 0.15) is 0 Å². The number of aryl methyl sites for hydroxylation is 2. The highest BCUT2D eigenvalue weighted by molar-refractivity contribution is 5.92. The van der Waals surface area contributed by atoms with E-state index in [0.717, 1.165) is 24.9 Å². The molecule has 17 heavy (non-hydrogen) atoms. The van der Waals surface area contributed by atoms with Crippen molar-refractivity contribution in [1.82, 2.24) is 0 Å². The zero-order valence-electron chi connectivity index (χ0n) is 10.8. The van der Waals surface area contributed by atoms with Gasteiger partial charge in [-0.2, -0.15) is 0 Å². The van der Waals surface area contributed by atoms with E-state index in [1.165, 1.54) is 24.0 Å². The average molecular weight is 231 g/mol. The molecule has 0 aromatic heterocycles. The van der Waals surface area contributed by atoms with E-state index in [2.05, 4.69) is 24.4 Å². The lowest BCUT2D eigenvalue weighted by Gasteiger charge is -2.12. The quantitative estimate of drug-likeness (QED) is 0.843. The molecular weight excluding hydrogens is 210 g/mol. The zero-order chi connectivity index (χ0) is 12.3. The molecule has 0 heterocycles. The summed E-state index contributed by atoms with van der Waals surface area (Å²) < 4.78 is 0. The SMILES string of the molecule is CCCC(C)C(=O)Nc1ccc2c(c1)CCC2. The number of amides is 1. The van der Waals surface area contributed by atoms with Crippen LogP contribution in [0.1, 0.15) is 44.2 Å². The fourth-order valence-electron chi connectivity index (χ4n) is 2.48. The van der Waals surface area contributed by atoms with Crippen molar-refractivity contribution in [2.24, 2.45) is 5.92 Å². The molecule has 0 spiro atoms. The molecule has 1 aliphatic rings. The minimum Gasteiger partial charge on any atom is -0.326 e. The van der Waals surface area contributed by atoms with E-state index in [4.69, 9.17) is 0 Å². The van der Waals surface area contributed by atoms with Gasteiger partial charge in [-0.15, -0.1) is 0 Å². The Morgan fingerprint density at radius 3 is 2.88 bits per heavy atom. The lowest BCUT2D eigenvalue weighted by Crippen LogP contribution is -2.20. The van der Waals surface area contributed by atoms with E-state index >= 15 is 0 Å². The van der Waals surface area contributed by atoms with Crippen LogP contribution in [0.4, 0.5) is 5.69 Å². The van der Waals surface area contributed by atoms with Crippen LogP contribution in [0, 0.1) is 5.92 Å². The van der Waals surface area contributed by atoms with Gasteiger partial charge in [0, 0.05) is 11.6 Å². The van der Waals surface area contributed by atoms with Crippen LogP contribution in [0.5, 0.6) is 0 Å². The largest absolute Gasteiger partial charge is 0.326 e. The Kier molecular flexibility index (Phi) is 3.82. The van der Waals surface area contributed by atoms with Crippen molar-refractivity contribution in [3.05, 3.63) is 29.3 Å². The van der Waals surface area contributed by atoms with Crippen molar-refractivity contribution in [2.45, 2.75) is 46.0 Å². The van der Waals surface area contributed by atoms with E-state index in [9.17, 15) is 4.79 Å². The van der Waals surface area contributed by atoms with Gasteiger partial charge < -0.3 is 5.32 Å². The third kappa shape index (κ3) is 2.87. The molecular formula is C15H21NO. The minimum absolute atomic E-state index is 0.105. The fourth-order valence-corrected chi connectivity index (χ4v) is 2.48. The Bertz CT molecular complexity index is 411. The molecule has 1 amide bonds. The van der Waals surface area contributed by atoms with Gasteiger partial charge in [-0.1, -0.05) is 26.3 Å². The van der Waals surface area contributed by atoms with E-state index < -0.39 is 0 Å². The number of benzene rings is 1. The summed E-state index contributed by atoms with van der Waals surface area (Å²) in [6, 6.07) is 6.32. The molecule has 0 aliphatic heterocycles. The van der Waals surface area contributed by atoms with Crippen molar-refractivity contribution in [3.8, 4) is 0 Å². The Labute approximate surface area is 103 Å². The summed E-state index contributed by atoms with van der Waals surface area (Å²) >= 11 is 0. The van der Waals surface area contributed by atoms with Gasteiger partial charge in [0.05, 0.1) is 0 Å². The minimum atomic E-state index is 0.105. The standard InChI is InChI=1S/C15H21NO/c1-3-5-11(2)15(17)16-14-9-8-12-6-4-7-13(12)10-14/h8-11H,3-7H2,1-2H3,(H,16,17). The van der Waals surface area contributed by atoms with Gasteiger partial charge in [0.15, 0.2) is 0 Å². The van der Waals surface area contributed by atoms with Crippen LogP contribution >= 0.6 is 0 Å². The van der Waals surface area contributed by atoms with Crippen LogP contribution in [-0.2, 0) is 17.6 Å². The Morgan fingerprint density at radius 1 is 1.35 bits per heavy atom. The predicted molar refractivity (Wildman–Crippen MR) is 71.2 cm³/mol. The normalized spacial score (nSPS) is 15.4. The maximum absolute atomic E-state index is 11.9. The molecule has 1 aliphatic carbocycles. The van der Waals surface area contributed by atoms with Crippen LogP contribution in [0.3, 0.4) is 0 Å². The second-order valence-corrected chi connectivity index (χ2v) is 5.02. The summed E-state index contributed by atoms with van der Waals surface area (Å²) in [6.45, 7) is 4.10. The number of nitrogens with one attached hydrogen (secondary N) is 1. The van der Waals surface area contributed by atoms with Crippen LogP contribution < -0.4 is 5.32 Å². The molecule has 2 heteroatoms. The third-order valence-electron chi connectivity index (χ3n) is 3.54. The molecule has 92 valence electrons. The lowest BCUT2D eigenvalue weighted by molar-refractivity contribution is -0.119. The number of rotatable bonds is 4. The molecule has 0 bridgehead atoms. The number of fused-ring (bicyclic) bond motifs is 1. The van der Waals surface area contributed by atoms with Gasteiger partial charge in [0.2, 0.25) is 5.91 Å². The average Bonchev–Trinajstić information content (AvgIpc) is 2.76. The topological polar surface area (TPSA) is 29.1 Å². The molecule has 0 saturated carbocycles. The number of anilines is 1. The summed E-state index contributed by atoms with van der Waals surface area (Å²) in [5.74, 6) is 0.248. The molecule has 0 radical (unpaired) electrons. The van der Waals surface area contributed by atoms with Crippen LogP contribution in [0.25, 0.3) is 0 Å². The number of hydrogen-bond acceptors (Lipinski definition) is 1. The summed E-state index contributed by atoms with van der Waals surface area (Å²) in [4.78, 5) is 11.9. The first-order valence-corrected chi connectivity index (χ1v) is 6.63. The highest BCUT2D eigenvalue weighted by Crippen LogP contribution is 2.25. The molecule has 1 N–H and O–H groups in total. The maximum atomic E-state index is 11.9. The molecule has 1 unspecified atom stereocenters. The van der Waals surface area contributed by atoms with E-state index in [0.29, 0.717) is 0 Å². The molecule has 1 aromatic carbocycles. The van der Waals surface area contributed by atoms with Gasteiger partial charge >= 0.3 is 0 Å². The monoisotopic (exact) mass is 231 g/mol. The highest BCUT2D eigenvalue weighted by atomic mass is 16.1. The number of carbonyl (C=O) groups is 1. The first-order valence-electron chi connectivity index (χ1n) is 6.63. The predicted octanol–water partition coefficient (Wildman–Crippen LogP) is 3.55. The molecule has 1 aromatic rings. The second kappa shape index (κ2) is 5.35. The van der Waals surface area contributed by atoms with Crippen molar-refractivity contribution in [1.29, 1.82) is 0 Å². The van der Waals surface area contributed by atoms with Crippen molar-refractivity contribution >= 4 is 11.6 Å². The van der Waals surface area contributed by atoms with E-state index in [1.54, 1.807) is 0 Å². The van der Waals surface area contributed by atoms with Crippen molar-refractivity contribution < 1.29 is 4.79 Å². The molecule has 1 atom stereocenters. The first kappa shape index (κ1) is 12.2. The van der Waals surface area contributed by atoms with Gasteiger partial charge in [0.25, 0.3) is 0 Å². The maximum Gasteiger partial charge on any atom is 0.227 e. The van der Waals surface area contributed by atoms with Crippen molar-refractivity contribution in [2.75, 3.05) is 5.32 Å². The molecule has 2 nitrogen and oxygen atoms in total. The zero-order valence-corrected chi connectivity index (χ0v) is 10.8. The first-order chi connectivity index (χ1) is 8.20. The Balaban J connectivity index is 2.01. The Hall–Kier alpha value is -1.31. The summed E-state index contributed by atoms with van der Waals surface area (Å²) in [5.41, 5.74) is 3.81. The van der Waals surface area contributed by atoms with Gasteiger partial charge in [-0.25, -0.2) is 0 Å². The fraction of sp³-hybridized carbons (Fsp3) is 0.533. The van der Waals surface area contributed by atoms with Gasteiger partial charge in [-0.05, 0) is 48.9 Å². The Morgan fingerprint density at radius 2 is 2.12 bits per heavy atom. The number of carbonyl (C=O) groups excluding carboxylic acids is 1. The highest BCUT2D eigenvalue weighted by Gasteiger charge is 2.14. The summed E-state index contributed by atoms with van der Waals surface area (Å²) in [6.07, 6.45) is 5.61. The van der Waals surface area contributed by atoms with E-state index in [-0.39, 0.29) is 11.8 Å². The molecule has 0 fully saturated rings. The lowest BCUT2D eigenvalue weighted by atomic mass is 10.0. The number of hydrogen-bond donors (Lipinski definition) is 1. The van der Waals surface area contributed by atoms with Crippen LogP contribution in [-0.4, -0.2) is 5.91 Å². The van der Waals surface area contributed by atoms with Crippen LogP contribution in [0.15, 0.2) is 18.2 Å². The molecule has 0 saturated heterocycles.